The number of nitrogens with zero attached hydrogens (tertiary/aromatic N) is 6. The third-order valence-corrected chi connectivity index (χ3v) is 7.23. The highest BCUT2D eigenvalue weighted by Gasteiger charge is 2.50. The molecule has 3 aromatic heterocycles. The van der Waals surface area contributed by atoms with Crippen molar-refractivity contribution in [2.24, 2.45) is 13.0 Å². The van der Waals surface area contributed by atoms with E-state index in [0.29, 0.717) is 51.7 Å². The van der Waals surface area contributed by atoms with Crippen molar-refractivity contribution in [3.8, 4) is 17.6 Å². The average Bonchev–Trinajstić information content (AvgIpc) is 3.34. The summed E-state index contributed by atoms with van der Waals surface area (Å²) < 4.78 is 40.4. The number of nitriles is 1. The number of amides is 1. The molecule has 0 atom stereocenters. The molecule has 212 valence electrons. The molecule has 1 amide bonds. The predicted molar refractivity (Wildman–Crippen MR) is 149 cm³/mol. The van der Waals surface area contributed by atoms with Gasteiger partial charge in [-0.25, -0.2) is 23.7 Å². The Hall–Kier alpha value is -4.79. The molecule has 1 aliphatic rings. The van der Waals surface area contributed by atoms with Gasteiger partial charge in [0.25, 0.3) is 0 Å². The van der Waals surface area contributed by atoms with Crippen molar-refractivity contribution in [1.29, 1.82) is 5.26 Å². The van der Waals surface area contributed by atoms with Gasteiger partial charge < -0.3 is 19.4 Å². The molecule has 3 heterocycles. The van der Waals surface area contributed by atoms with E-state index in [4.69, 9.17) is 14.5 Å². The van der Waals surface area contributed by atoms with Gasteiger partial charge in [0, 0.05) is 43.5 Å². The molecular weight excluding hydrogens is 532 g/mol. The SMILES string of the molecule is CCc1cc(C#N)ncc1Nc1cc2c(ncn2C)c(N(Cc2ccc(OC)cc2OC)C(=O)C2CC(F)(F)C2)n1. The van der Waals surface area contributed by atoms with E-state index in [0.717, 1.165) is 5.56 Å². The Morgan fingerprint density at radius 3 is 2.63 bits per heavy atom. The third kappa shape index (κ3) is 5.48. The monoisotopic (exact) mass is 561 g/mol. The number of alkyl halides is 2. The van der Waals surface area contributed by atoms with Gasteiger partial charge in [-0.3, -0.25) is 9.69 Å². The molecule has 4 aromatic rings. The van der Waals surface area contributed by atoms with Crippen molar-refractivity contribution in [2.75, 3.05) is 24.4 Å². The summed E-state index contributed by atoms with van der Waals surface area (Å²) in [5.41, 5.74) is 3.57. The number of hydrogen-bond acceptors (Lipinski definition) is 8. The van der Waals surface area contributed by atoms with Crippen molar-refractivity contribution in [3.63, 3.8) is 0 Å². The van der Waals surface area contributed by atoms with Crippen LogP contribution in [0.15, 0.2) is 42.9 Å². The Morgan fingerprint density at radius 1 is 1.20 bits per heavy atom. The smallest absolute Gasteiger partial charge is 0.249 e. The molecule has 41 heavy (non-hydrogen) atoms. The van der Waals surface area contributed by atoms with Crippen LogP contribution < -0.4 is 19.7 Å². The maximum Gasteiger partial charge on any atom is 0.249 e. The first-order chi connectivity index (χ1) is 19.7. The second-order valence-corrected chi connectivity index (χ2v) is 9.93. The summed E-state index contributed by atoms with van der Waals surface area (Å²) in [6, 6.07) is 10.7. The van der Waals surface area contributed by atoms with Gasteiger partial charge in [-0.15, -0.1) is 0 Å². The van der Waals surface area contributed by atoms with Crippen LogP contribution in [0.5, 0.6) is 11.5 Å². The average molecular weight is 562 g/mol. The number of halogens is 2. The van der Waals surface area contributed by atoms with E-state index in [9.17, 15) is 18.8 Å². The quantitative estimate of drug-likeness (QED) is 0.299. The summed E-state index contributed by atoms with van der Waals surface area (Å²) in [7, 11) is 4.86. The number of aromatic nitrogens is 4. The fourth-order valence-corrected chi connectivity index (χ4v) is 4.93. The minimum absolute atomic E-state index is 0.00876. The number of hydrogen-bond donors (Lipinski definition) is 1. The van der Waals surface area contributed by atoms with Gasteiger partial charge in [0.05, 0.1) is 44.5 Å². The molecule has 5 rings (SSSR count). The summed E-state index contributed by atoms with van der Waals surface area (Å²) in [6.45, 7) is 1.97. The normalized spacial score (nSPS) is 14.3. The molecule has 0 aliphatic heterocycles. The highest BCUT2D eigenvalue weighted by molar-refractivity contribution is 6.02. The number of anilines is 3. The molecule has 10 nitrogen and oxygen atoms in total. The van der Waals surface area contributed by atoms with E-state index in [1.54, 1.807) is 47.4 Å². The van der Waals surface area contributed by atoms with Crippen LogP contribution in [0.1, 0.15) is 36.6 Å². The predicted octanol–water partition coefficient (Wildman–Crippen LogP) is 5.14. The number of carbonyl (C=O) groups is 1. The Labute approximate surface area is 235 Å². The van der Waals surface area contributed by atoms with Gasteiger partial charge in [-0.1, -0.05) is 6.92 Å². The first-order valence-electron chi connectivity index (χ1n) is 13.0. The summed E-state index contributed by atoms with van der Waals surface area (Å²) in [6.07, 6.45) is 2.75. The number of rotatable bonds is 9. The molecule has 1 N–H and O–H groups in total. The van der Waals surface area contributed by atoms with Crippen LogP contribution in [0.4, 0.5) is 26.1 Å². The van der Waals surface area contributed by atoms with E-state index < -0.39 is 30.6 Å². The molecule has 0 radical (unpaired) electrons. The van der Waals surface area contributed by atoms with E-state index >= 15 is 0 Å². The number of nitrogens with one attached hydrogen (secondary N) is 1. The molecule has 0 unspecified atom stereocenters. The highest BCUT2D eigenvalue weighted by atomic mass is 19.3. The fraction of sp³-hybridized carbons (Fsp3) is 0.345. The van der Waals surface area contributed by atoms with Crippen molar-refractivity contribution < 1.29 is 23.0 Å². The van der Waals surface area contributed by atoms with E-state index in [-0.39, 0.29) is 12.4 Å². The number of ether oxygens (including phenoxy) is 2. The van der Waals surface area contributed by atoms with Crippen molar-refractivity contribution in [2.45, 2.75) is 38.7 Å². The van der Waals surface area contributed by atoms with Gasteiger partial charge in [-0.05, 0) is 30.2 Å². The molecule has 12 heteroatoms. The summed E-state index contributed by atoms with van der Waals surface area (Å²) in [4.78, 5) is 28.7. The third-order valence-electron chi connectivity index (χ3n) is 7.23. The molecule has 1 fully saturated rings. The van der Waals surface area contributed by atoms with Gasteiger partial charge in [0.1, 0.15) is 34.6 Å². The van der Waals surface area contributed by atoms with E-state index in [1.807, 2.05) is 20.0 Å². The highest BCUT2D eigenvalue weighted by Crippen LogP contribution is 2.44. The first-order valence-corrected chi connectivity index (χ1v) is 13.0. The number of methoxy groups -OCH3 is 2. The van der Waals surface area contributed by atoms with Gasteiger partial charge in [0.15, 0.2) is 5.82 Å². The van der Waals surface area contributed by atoms with E-state index in [2.05, 4.69) is 15.3 Å². The van der Waals surface area contributed by atoms with Gasteiger partial charge >= 0.3 is 0 Å². The van der Waals surface area contributed by atoms with Crippen LogP contribution in [0.2, 0.25) is 0 Å². The van der Waals surface area contributed by atoms with Crippen LogP contribution in [-0.2, 0) is 24.8 Å². The zero-order valence-electron chi connectivity index (χ0n) is 23.1. The van der Waals surface area contributed by atoms with Crippen LogP contribution in [0.25, 0.3) is 11.0 Å². The Bertz CT molecular complexity index is 1660. The van der Waals surface area contributed by atoms with Crippen molar-refractivity contribution >= 4 is 34.3 Å². The lowest BCUT2D eigenvalue weighted by Crippen LogP contribution is -2.47. The summed E-state index contributed by atoms with van der Waals surface area (Å²) >= 11 is 0. The van der Waals surface area contributed by atoms with Crippen LogP contribution >= 0.6 is 0 Å². The molecule has 1 aliphatic carbocycles. The maximum atomic E-state index is 13.9. The molecule has 1 saturated carbocycles. The second kappa shape index (κ2) is 11.0. The first kappa shape index (κ1) is 27.8. The lowest BCUT2D eigenvalue weighted by molar-refractivity contribution is -0.147. The topological polar surface area (TPSA) is 118 Å². The zero-order valence-corrected chi connectivity index (χ0v) is 23.1. The van der Waals surface area contributed by atoms with Gasteiger partial charge in [0.2, 0.25) is 11.8 Å². The molecular formula is C29H29F2N7O3. The summed E-state index contributed by atoms with van der Waals surface area (Å²) in [5, 5.41) is 12.5. The second-order valence-electron chi connectivity index (χ2n) is 9.93. The number of aryl methyl sites for hydroxylation is 2. The number of benzene rings is 1. The minimum Gasteiger partial charge on any atom is -0.497 e. The number of imidazole rings is 1. The molecule has 0 saturated heterocycles. The lowest BCUT2D eigenvalue weighted by atomic mass is 9.80. The van der Waals surface area contributed by atoms with Crippen LogP contribution in [-0.4, -0.2) is 45.6 Å². The van der Waals surface area contributed by atoms with Crippen LogP contribution in [0.3, 0.4) is 0 Å². The number of fused-ring (bicyclic) bond motifs is 1. The fourth-order valence-electron chi connectivity index (χ4n) is 4.93. The standard InChI is InChI=1S/C29H29F2N7O3/c1-5-17-8-20(13-32)33-14-22(17)35-25-10-23-26(34-16-37(23)2)27(36-25)38(28(39)19-11-29(30,31)12-19)15-18-6-7-21(40-3)9-24(18)41-4/h6-10,14,16,19H,5,11-12,15H2,1-4H3,(H,35,36). The zero-order chi connectivity index (χ0) is 29.3. The Balaban J connectivity index is 1.62. The molecule has 0 spiro atoms. The largest absolute Gasteiger partial charge is 0.497 e. The molecule has 1 aromatic carbocycles. The summed E-state index contributed by atoms with van der Waals surface area (Å²) in [5.74, 6) is -2.54. The maximum absolute atomic E-state index is 13.9. The Kier molecular flexibility index (Phi) is 7.45. The number of carbonyl (C=O) groups excluding carboxylic acids is 1. The number of pyridine rings is 2. The van der Waals surface area contributed by atoms with E-state index in [1.165, 1.54) is 19.1 Å². The lowest BCUT2D eigenvalue weighted by Gasteiger charge is -2.37. The van der Waals surface area contributed by atoms with Gasteiger partial charge in [-0.2, -0.15) is 5.26 Å². The van der Waals surface area contributed by atoms with Crippen molar-refractivity contribution in [3.05, 3.63) is 59.7 Å². The minimum atomic E-state index is -2.87. The Morgan fingerprint density at radius 2 is 1.98 bits per heavy atom. The van der Waals surface area contributed by atoms with Crippen molar-refractivity contribution in [1.82, 2.24) is 19.5 Å². The van der Waals surface area contributed by atoms with Crippen LogP contribution in [0, 0.1) is 17.2 Å². The molecule has 0 bridgehead atoms.